The average Bonchev–Trinajstić information content (AvgIpc) is 3.09. The van der Waals surface area contributed by atoms with Gasteiger partial charge in [-0.25, -0.2) is 9.97 Å². The molecule has 7 heteroatoms. The molecule has 1 aliphatic heterocycles. The van der Waals surface area contributed by atoms with Crippen molar-refractivity contribution in [1.82, 2.24) is 15.0 Å². The molecule has 1 aromatic carbocycles. The number of amides is 1. The predicted molar refractivity (Wildman–Crippen MR) is 108 cm³/mol. The van der Waals surface area contributed by atoms with Gasteiger partial charge in [0.05, 0.1) is 0 Å². The lowest BCUT2D eigenvalue weighted by molar-refractivity contribution is -0.117. The molecule has 1 amide bonds. The fourth-order valence-corrected chi connectivity index (χ4v) is 3.30. The van der Waals surface area contributed by atoms with Gasteiger partial charge in [-0.3, -0.25) is 9.59 Å². The number of carbonyl (C=O) groups is 1. The van der Waals surface area contributed by atoms with Crippen LogP contribution in [0.5, 0.6) is 0 Å². The Morgan fingerprint density at radius 1 is 1.18 bits per heavy atom. The Morgan fingerprint density at radius 3 is 2.71 bits per heavy atom. The monoisotopic (exact) mass is 375 g/mol. The molecule has 2 N–H and O–H groups in total. The van der Waals surface area contributed by atoms with Crippen LogP contribution in [0.25, 0.3) is 11.4 Å². The quantitative estimate of drug-likeness (QED) is 0.715. The Labute approximate surface area is 162 Å². The van der Waals surface area contributed by atoms with Gasteiger partial charge in [0.15, 0.2) is 0 Å². The molecule has 1 unspecified atom stereocenters. The first-order valence-corrected chi connectivity index (χ1v) is 9.33. The fourth-order valence-electron chi connectivity index (χ4n) is 3.30. The molecule has 0 bridgehead atoms. The number of carbonyl (C=O) groups excluding carboxylic acids is 1. The molecular weight excluding hydrogens is 354 g/mol. The maximum Gasteiger partial charge on any atom is 0.251 e. The van der Waals surface area contributed by atoms with Gasteiger partial charge in [-0.15, -0.1) is 0 Å². The van der Waals surface area contributed by atoms with E-state index in [1.165, 1.54) is 6.07 Å². The van der Waals surface area contributed by atoms with Crippen LogP contribution in [-0.2, 0) is 11.2 Å². The first-order valence-electron chi connectivity index (χ1n) is 9.33. The van der Waals surface area contributed by atoms with E-state index in [1.54, 1.807) is 17.2 Å². The minimum absolute atomic E-state index is 0.0405. The molecule has 1 aliphatic rings. The molecule has 4 rings (SSSR count). The molecule has 7 nitrogen and oxygen atoms in total. The average molecular weight is 375 g/mol. The number of aryl methyl sites for hydroxylation is 1. The Bertz CT molecular complexity index is 1030. The van der Waals surface area contributed by atoms with E-state index in [4.69, 9.17) is 0 Å². The molecule has 2 aromatic heterocycles. The second-order valence-electron chi connectivity index (χ2n) is 6.68. The van der Waals surface area contributed by atoms with Crippen molar-refractivity contribution in [3.05, 3.63) is 70.8 Å². The molecule has 28 heavy (non-hydrogen) atoms. The van der Waals surface area contributed by atoms with Crippen LogP contribution in [0, 0.1) is 0 Å². The minimum atomic E-state index is -0.306. The highest BCUT2D eigenvalue weighted by Crippen LogP contribution is 2.23. The number of hydrogen-bond donors (Lipinski definition) is 2. The highest BCUT2D eigenvalue weighted by Gasteiger charge is 2.32. The van der Waals surface area contributed by atoms with E-state index in [0.717, 1.165) is 16.9 Å². The Morgan fingerprint density at radius 2 is 2.00 bits per heavy atom. The molecule has 0 radical (unpaired) electrons. The van der Waals surface area contributed by atoms with Gasteiger partial charge in [-0.2, -0.15) is 0 Å². The number of nitrogens with one attached hydrogen (secondary N) is 2. The van der Waals surface area contributed by atoms with Crippen LogP contribution in [0.15, 0.2) is 59.5 Å². The van der Waals surface area contributed by atoms with E-state index < -0.39 is 0 Å². The van der Waals surface area contributed by atoms with E-state index in [9.17, 15) is 9.59 Å². The summed E-state index contributed by atoms with van der Waals surface area (Å²) in [7, 11) is 0. The first-order chi connectivity index (χ1) is 13.6. The zero-order valence-corrected chi connectivity index (χ0v) is 15.6. The van der Waals surface area contributed by atoms with Crippen LogP contribution in [0.3, 0.4) is 0 Å². The summed E-state index contributed by atoms with van der Waals surface area (Å²) >= 11 is 0. The van der Waals surface area contributed by atoms with E-state index in [1.807, 2.05) is 43.3 Å². The molecule has 1 saturated heterocycles. The lowest BCUT2D eigenvalue weighted by Crippen LogP contribution is -2.33. The van der Waals surface area contributed by atoms with Crippen molar-refractivity contribution in [1.29, 1.82) is 0 Å². The lowest BCUT2D eigenvalue weighted by atomic mass is 10.2. The van der Waals surface area contributed by atoms with Crippen LogP contribution >= 0.6 is 0 Å². The van der Waals surface area contributed by atoms with Crippen LogP contribution < -0.4 is 15.8 Å². The van der Waals surface area contributed by atoms with Crippen molar-refractivity contribution in [3.63, 3.8) is 0 Å². The van der Waals surface area contributed by atoms with E-state index in [0.29, 0.717) is 31.0 Å². The van der Waals surface area contributed by atoms with E-state index in [-0.39, 0.29) is 17.5 Å². The van der Waals surface area contributed by atoms with Gasteiger partial charge in [0.25, 0.3) is 5.56 Å². The van der Waals surface area contributed by atoms with Crippen LogP contribution in [0.1, 0.15) is 19.0 Å². The zero-order valence-electron chi connectivity index (χ0n) is 15.6. The highest BCUT2D eigenvalue weighted by atomic mass is 16.2. The van der Waals surface area contributed by atoms with Gasteiger partial charge in [0, 0.05) is 35.8 Å². The van der Waals surface area contributed by atoms with Crippen molar-refractivity contribution in [2.45, 2.75) is 25.8 Å². The number of anilines is 2. The number of aromatic nitrogens is 3. The van der Waals surface area contributed by atoms with Crippen molar-refractivity contribution in [2.75, 3.05) is 16.8 Å². The maximum absolute atomic E-state index is 12.7. The summed E-state index contributed by atoms with van der Waals surface area (Å²) < 4.78 is 0. The van der Waals surface area contributed by atoms with Gasteiger partial charge in [0.2, 0.25) is 5.91 Å². The summed E-state index contributed by atoms with van der Waals surface area (Å²) in [5, 5.41) is 3.21. The summed E-state index contributed by atoms with van der Waals surface area (Å²) in [4.78, 5) is 37.8. The topological polar surface area (TPSA) is 91.0 Å². The highest BCUT2D eigenvalue weighted by molar-refractivity contribution is 6.00. The number of aromatic amines is 1. The third-order valence-electron chi connectivity index (χ3n) is 4.79. The Hall–Kier alpha value is -3.48. The molecular formula is C21H21N5O2. The SMILES string of the molecule is CCc1cc(=O)[nH]c(-c2ccc(NC3CCN(c4ccccc4)C3=O)nc2)n1. The van der Waals surface area contributed by atoms with Crippen molar-refractivity contribution >= 4 is 17.4 Å². The third kappa shape index (κ3) is 3.64. The van der Waals surface area contributed by atoms with Crippen LogP contribution in [0.4, 0.5) is 11.5 Å². The molecule has 1 atom stereocenters. The minimum Gasteiger partial charge on any atom is -0.358 e. The molecule has 3 aromatic rings. The molecule has 0 saturated carbocycles. The molecule has 0 spiro atoms. The summed E-state index contributed by atoms with van der Waals surface area (Å²) in [6.07, 6.45) is 3.05. The molecule has 0 aliphatic carbocycles. The third-order valence-corrected chi connectivity index (χ3v) is 4.79. The second-order valence-corrected chi connectivity index (χ2v) is 6.68. The second kappa shape index (κ2) is 7.64. The number of hydrogen-bond acceptors (Lipinski definition) is 5. The van der Waals surface area contributed by atoms with Gasteiger partial charge in [-0.1, -0.05) is 25.1 Å². The molecule has 142 valence electrons. The van der Waals surface area contributed by atoms with Gasteiger partial charge in [-0.05, 0) is 37.1 Å². The number of H-pyrrole nitrogens is 1. The first kappa shape index (κ1) is 17.9. The fraction of sp³-hybridized carbons (Fsp3) is 0.238. The standard InChI is InChI=1S/C21H21N5O2/c1-2-15-12-19(27)25-20(23-15)14-8-9-18(22-13-14)24-17-10-11-26(21(17)28)16-6-4-3-5-7-16/h3-9,12-13,17H,2,10-11H2,1H3,(H,22,24)(H,23,25,27). The molecule has 1 fully saturated rings. The number of pyridine rings is 1. The van der Waals surface area contributed by atoms with Gasteiger partial charge in [0.1, 0.15) is 17.7 Å². The van der Waals surface area contributed by atoms with Crippen molar-refractivity contribution < 1.29 is 4.79 Å². The van der Waals surface area contributed by atoms with Crippen molar-refractivity contribution in [3.8, 4) is 11.4 Å². The summed E-state index contributed by atoms with van der Waals surface area (Å²) in [6.45, 7) is 2.63. The number of rotatable bonds is 5. The largest absolute Gasteiger partial charge is 0.358 e. The van der Waals surface area contributed by atoms with Crippen LogP contribution in [0.2, 0.25) is 0 Å². The van der Waals surface area contributed by atoms with E-state index in [2.05, 4.69) is 20.3 Å². The Balaban J connectivity index is 1.47. The zero-order chi connectivity index (χ0) is 19.5. The van der Waals surface area contributed by atoms with Gasteiger partial charge >= 0.3 is 0 Å². The lowest BCUT2D eigenvalue weighted by Gasteiger charge is -2.17. The summed E-state index contributed by atoms with van der Waals surface area (Å²) in [5.74, 6) is 1.15. The van der Waals surface area contributed by atoms with Gasteiger partial charge < -0.3 is 15.2 Å². The summed E-state index contributed by atoms with van der Waals surface area (Å²) in [5.41, 5.74) is 2.19. The van der Waals surface area contributed by atoms with Crippen LogP contribution in [-0.4, -0.2) is 33.4 Å². The van der Waals surface area contributed by atoms with E-state index >= 15 is 0 Å². The number of para-hydroxylation sites is 1. The normalized spacial score (nSPS) is 16.4. The smallest absolute Gasteiger partial charge is 0.251 e. The molecule has 3 heterocycles. The predicted octanol–water partition coefficient (Wildman–Crippen LogP) is 2.61. The van der Waals surface area contributed by atoms with Crippen molar-refractivity contribution in [2.24, 2.45) is 0 Å². The maximum atomic E-state index is 12.7. The number of benzene rings is 1. The Kier molecular flexibility index (Phi) is 4.89. The number of nitrogens with zero attached hydrogens (tertiary/aromatic N) is 3. The summed E-state index contributed by atoms with van der Waals surface area (Å²) in [6, 6.07) is 14.5.